The Hall–Kier alpha value is -1.81. The van der Waals surface area contributed by atoms with Crippen molar-refractivity contribution in [2.45, 2.75) is 16.7 Å². The second kappa shape index (κ2) is 5.23. The minimum atomic E-state index is -1.12. The minimum Gasteiger partial charge on any atom is -0.478 e. The van der Waals surface area contributed by atoms with Crippen LogP contribution in [0.2, 0.25) is 0 Å². The predicted octanol–water partition coefficient (Wildman–Crippen LogP) is 3.98. The van der Waals surface area contributed by atoms with E-state index >= 15 is 0 Å². The number of hydrogen-bond acceptors (Lipinski definition) is 2. The molecule has 92 valence electrons. The number of carbonyl (C=O) groups is 1. The number of carboxylic acid groups (broad SMARTS) is 1. The molecule has 0 fully saturated rings. The van der Waals surface area contributed by atoms with Gasteiger partial charge in [0.05, 0.1) is 10.5 Å². The van der Waals surface area contributed by atoms with E-state index in [9.17, 15) is 9.18 Å². The molecular formula is C14H11FO2S. The number of carboxylic acids is 1. The lowest BCUT2D eigenvalue weighted by Crippen LogP contribution is -2.00. The Kier molecular flexibility index (Phi) is 3.67. The summed E-state index contributed by atoms with van der Waals surface area (Å²) in [5.74, 6) is -1.63. The van der Waals surface area contributed by atoms with Crippen LogP contribution in [0.4, 0.5) is 4.39 Å². The van der Waals surface area contributed by atoms with E-state index in [-0.39, 0.29) is 10.5 Å². The topological polar surface area (TPSA) is 37.3 Å². The fourth-order valence-electron chi connectivity index (χ4n) is 1.51. The Morgan fingerprint density at radius 1 is 1.17 bits per heavy atom. The molecule has 0 amide bonds. The molecule has 4 heteroatoms. The van der Waals surface area contributed by atoms with Gasteiger partial charge in [-0.15, -0.1) is 0 Å². The third-order valence-electron chi connectivity index (χ3n) is 2.44. The molecule has 1 N–H and O–H groups in total. The second-order valence-corrected chi connectivity index (χ2v) is 4.92. The first-order chi connectivity index (χ1) is 8.58. The summed E-state index contributed by atoms with van der Waals surface area (Å²) in [5.41, 5.74) is 1.09. The maximum absolute atomic E-state index is 13.7. The summed E-state index contributed by atoms with van der Waals surface area (Å²) in [6.07, 6.45) is 0. The fourth-order valence-corrected chi connectivity index (χ4v) is 2.44. The van der Waals surface area contributed by atoms with Crippen LogP contribution in [0.5, 0.6) is 0 Å². The monoisotopic (exact) mass is 262 g/mol. The van der Waals surface area contributed by atoms with Gasteiger partial charge < -0.3 is 5.11 Å². The Bertz CT molecular complexity index is 579. The van der Waals surface area contributed by atoms with Gasteiger partial charge in [0.2, 0.25) is 0 Å². The first kappa shape index (κ1) is 12.6. The molecule has 2 aromatic carbocycles. The number of hydrogen-bond donors (Lipinski definition) is 1. The molecule has 0 radical (unpaired) electrons. The summed E-state index contributed by atoms with van der Waals surface area (Å²) in [6.45, 7) is 1.96. The van der Waals surface area contributed by atoms with E-state index in [2.05, 4.69) is 0 Å². The molecular weight excluding hydrogens is 251 g/mol. The lowest BCUT2D eigenvalue weighted by atomic mass is 10.2. The molecule has 0 aliphatic carbocycles. The first-order valence-electron chi connectivity index (χ1n) is 5.34. The smallest absolute Gasteiger partial charge is 0.336 e. The molecule has 0 spiro atoms. The van der Waals surface area contributed by atoms with Crippen molar-refractivity contribution in [3.63, 3.8) is 0 Å². The Labute approximate surface area is 108 Å². The van der Waals surface area contributed by atoms with Crippen molar-refractivity contribution >= 4 is 17.7 Å². The van der Waals surface area contributed by atoms with Gasteiger partial charge in [-0.1, -0.05) is 35.5 Å². The number of aryl methyl sites for hydroxylation is 1. The highest BCUT2D eigenvalue weighted by Gasteiger charge is 2.15. The van der Waals surface area contributed by atoms with Crippen LogP contribution in [0.3, 0.4) is 0 Å². The number of benzene rings is 2. The van der Waals surface area contributed by atoms with Gasteiger partial charge in [-0.2, -0.15) is 0 Å². The summed E-state index contributed by atoms with van der Waals surface area (Å²) in [5, 5.41) is 9.03. The van der Waals surface area contributed by atoms with E-state index in [0.29, 0.717) is 0 Å². The molecule has 0 atom stereocenters. The molecule has 2 rings (SSSR count). The zero-order chi connectivity index (χ0) is 13.1. The largest absolute Gasteiger partial charge is 0.478 e. The zero-order valence-corrected chi connectivity index (χ0v) is 10.5. The Balaban J connectivity index is 2.39. The van der Waals surface area contributed by atoms with Crippen molar-refractivity contribution in [1.82, 2.24) is 0 Å². The molecule has 0 saturated heterocycles. The van der Waals surface area contributed by atoms with E-state index in [0.717, 1.165) is 22.2 Å². The van der Waals surface area contributed by atoms with Crippen molar-refractivity contribution in [3.05, 3.63) is 59.4 Å². The van der Waals surface area contributed by atoms with Crippen molar-refractivity contribution < 1.29 is 14.3 Å². The lowest BCUT2D eigenvalue weighted by molar-refractivity contribution is 0.0692. The highest BCUT2D eigenvalue weighted by molar-refractivity contribution is 7.99. The van der Waals surface area contributed by atoms with Crippen molar-refractivity contribution in [1.29, 1.82) is 0 Å². The number of rotatable bonds is 3. The predicted molar refractivity (Wildman–Crippen MR) is 68.7 cm³/mol. The van der Waals surface area contributed by atoms with E-state index in [1.807, 2.05) is 31.2 Å². The van der Waals surface area contributed by atoms with E-state index in [1.165, 1.54) is 18.2 Å². The quantitative estimate of drug-likeness (QED) is 0.909. The van der Waals surface area contributed by atoms with Gasteiger partial charge in [0.15, 0.2) is 0 Å². The van der Waals surface area contributed by atoms with Crippen LogP contribution in [0.25, 0.3) is 0 Å². The molecule has 2 nitrogen and oxygen atoms in total. The van der Waals surface area contributed by atoms with Crippen molar-refractivity contribution in [2.75, 3.05) is 0 Å². The highest BCUT2D eigenvalue weighted by atomic mass is 32.2. The highest BCUT2D eigenvalue weighted by Crippen LogP contribution is 2.32. The van der Waals surface area contributed by atoms with Crippen LogP contribution in [0.15, 0.2) is 52.3 Å². The van der Waals surface area contributed by atoms with Gasteiger partial charge >= 0.3 is 5.97 Å². The van der Waals surface area contributed by atoms with Crippen LogP contribution in [0, 0.1) is 12.7 Å². The summed E-state index contributed by atoms with van der Waals surface area (Å²) < 4.78 is 13.7. The average molecular weight is 262 g/mol. The Morgan fingerprint density at radius 3 is 2.44 bits per heavy atom. The van der Waals surface area contributed by atoms with E-state index < -0.39 is 11.8 Å². The zero-order valence-electron chi connectivity index (χ0n) is 9.68. The molecule has 0 aliphatic rings. The second-order valence-electron chi connectivity index (χ2n) is 3.84. The van der Waals surface area contributed by atoms with Gasteiger partial charge in [0, 0.05) is 4.90 Å². The number of halogens is 1. The normalized spacial score (nSPS) is 10.3. The fraction of sp³-hybridized carbons (Fsp3) is 0.0714. The average Bonchev–Trinajstić information content (AvgIpc) is 2.34. The van der Waals surface area contributed by atoms with E-state index in [1.54, 1.807) is 0 Å². The summed E-state index contributed by atoms with van der Waals surface area (Å²) in [6, 6.07) is 11.6. The van der Waals surface area contributed by atoms with Crippen LogP contribution >= 0.6 is 11.8 Å². The summed E-state index contributed by atoms with van der Waals surface area (Å²) in [7, 11) is 0. The molecule has 0 saturated carbocycles. The van der Waals surface area contributed by atoms with Gasteiger partial charge in [-0.05, 0) is 31.2 Å². The summed E-state index contributed by atoms with van der Waals surface area (Å²) >= 11 is 1.12. The summed E-state index contributed by atoms with van der Waals surface area (Å²) in [4.78, 5) is 12.0. The van der Waals surface area contributed by atoms with Gasteiger partial charge in [-0.25, -0.2) is 9.18 Å². The molecule has 0 unspecified atom stereocenters. The van der Waals surface area contributed by atoms with Crippen LogP contribution in [-0.4, -0.2) is 11.1 Å². The van der Waals surface area contributed by atoms with Crippen LogP contribution in [-0.2, 0) is 0 Å². The van der Waals surface area contributed by atoms with Gasteiger partial charge in [-0.3, -0.25) is 0 Å². The minimum absolute atomic E-state index is 0.0134. The molecule has 18 heavy (non-hydrogen) atoms. The lowest BCUT2D eigenvalue weighted by Gasteiger charge is -2.07. The third-order valence-corrected chi connectivity index (χ3v) is 3.57. The standard InChI is InChI=1S/C14H11FO2S/c1-9-5-7-10(8-6-9)18-13-11(14(16)17)3-2-4-12(13)15/h2-8H,1H3,(H,16,17). The van der Waals surface area contributed by atoms with Crippen LogP contribution < -0.4 is 0 Å². The SMILES string of the molecule is Cc1ccc(Sc2c(F)cccc2C(=O)O)cc1. The maximum atomic E-state index is 13.7. The third kappa shape index (κ3) is 2.71. The number of aromatic carboxylic acids is 1. The van der Waals surface area contributed by atoms with Gasteiger partial charge in [0.25, 0.3) is 0 Å². The molecule has 0 aromatic heterocycles. The van der Waals surface area contributed by atoms with E-state index in [4.69, 9.17) is 5.11 Å². The van der Waals surface area contributed by atoms with Gasteiger partial charge in [0.1, 0.15) is 5.82 Å². The first-order valence-corrected chi connectivity index (χ1v) is 6.16. The molecule has 0 heterocycles. The van der Waals surface area contributed by atoms with Crippen molar-refractivity contribution in [2.24, 2.45) is 0 Å². The maximum Gasteiger partial charge on any atom is 0.336 e. The Morgan fingerprint density at radius 2 is 1.83 bits per heavy atom. The molecule has 0 aliphatic heterocycles. The molecule has 0 bridgehead atoms. The van der Waals surface area contributed by atoms with Crippen molar-refractivity contribution in [3.8, 4) is 0 Å². The molecule has 2 aromatic rings. The van der Waals surface area contributed by atoms with Crippen LogP contribution in [0.1, 0.15) is 15.9 Å².